The molecular weight excluding hydrogens is 498 g/mol. The van der Waals surface area contributed by atoms with Crippen molar-refractivity contribution in [2.24, 2.45) is 0 Å². The van der Waals surface area contributed by atoms with Crippen LogP contribution in [0.3, 0.4) is 0 Å². The summed E-state index contributed by atoms with van der Waals surface area (Å²) in [6.45, 7) is 5.06. The lowest BCUT2D eigenvalue weighted by Crippen LogP contribution is -2.50. The van der Waals surface area contributed by atoms with Crippen molar-refractivity contribution >= 4 is 44.1 Å². The lowest BCUT2D eigenvalue weighted by Gasteiger charge is -2.38. The molecule has 10 heteroatoms. The smallest absolute Gasteiger partial charge is 0.232 e. The number of nitrogens with zero attached hydrogens (tertiary/aromatic N) is 6. The van der Waals surface area contributed by atoms with Gasteiger partial charge >= 0.3 is 0 Å². The van der Waals surface area contributed by atoms with Crippen LogP contribution in [0.5, 0.6) is 0 Å². The Kier molecular flexibility index (Phi) is 6.45. The Bertz CT molecular complexity index is 1550. The van der Waals surface area contributed by atoms with Crippen LogP contribution in [0, 0.1) is 0 Å². The fourth-order valence-electron chi connectivity index (χ4n) is 5.58. The van der Waals surface area contributed by atoms with Gasteiger partial charge in [-0.1, -0.05) is 18.2 Å². The van der Waals surface area contributed by atoms with Crippen LogP contribution in [-0.2, 0) is 16.6 Å². The van der Waals surface area contributed by atoms with Crippen LogP contribution in [0.1, 0.15) is 18.4 Å². The van der Waals surface area contributed by atoms with Gasteiger partial charge in [-0.3, -0.25) is 9.21 Å². The van der Waals surface area contributed by atoms with Crippen molar-refractivity contribution in [1.82, 2.24) is 19.4 Å². The van der Waals surface area contributed by atoms with Crippen LogP contribution in [0.25, 0.3) is 11.0 Å². The average Bonchev–Trinajstić information content (AvgIpc) is 3.55. The van der Waals surface area contributed by atoms with Crippen molar-refractivity contribution in [3.8, 4) is 0 Å². The molecule has 2 aliphatic heterocycles. The first-order chi connectivity index (χ1) is 18.3. The molecule has 198 valence electrons. The number of aromatic nitrogens is 3. The van der Waals surface area contributed by atoms with Gasteiger partial charge in [-0.2, -0.15) is 4.98 Å². The maximum Gasteiger partial charge on any atom is 0.232 e. The third kappa shape index (κ3) is 4.93. The molecule has 2 saturated heterocycles. The Morgan fingerprint density at radius 3 is 2.68 bits per heavy atom. The highest BCUT2D eigenvalue weighted by Gasteiger charge is 2.30. The number of nitrogens with one attached hydrogen (secondary N) is 1. The maximum absolute atomic E-state index is 12.2. The van der Waals surface area contributed by atoms with E-state index < -0.39 is 10.0 Å². The van der Waals surface area contributed by atoms with E-state index in [0.29, 0.717) is 24.2 Å². The summed E-state index contributed by atoms with van der Waals surface area (Å²) in [6, 6.07) is 18.7. The van der Waals surface area contributed by atoms with Gasteiger partial charge in [0.15, 0.2) is 0 Å². The first-order valence-electron chi connectivity index (χ1n) is 13.0. The van der Waals surface area contributed by atoms with Crippen molar-refractivity contribution < 1.29 is 8.42 Å². The number of hydrogen-bond donors (Lipinski definition) is 1. The minimum Gasteiger partial charge on any atom is -0.369 e. The molecule has 0 saturated carbocycles. The zero-order valence-electron chi connectivity index (χ0n) is 21.8. The molecule has 0 aliphatic carbocycles. The van der Waals surface area contributed by atoms with E-state index in [2.05, 4.69) is 44.4 Å². The Morgan fingerprint density at radius 1 is 1.05 bits per heavy atom. The highest BCUT2D eigenvalue weighted by Crippen LogP contribution is 2.28. The molecule has 9 nitrogen and oxygen atoms in total. The first kappa shape index (κ1) is 24.7. The molecule has 0 spiro atoms. The SMILES string of the molecule is CN(c1ccccc1Cn1ccc2cnc(Nc3ccc(N4CCN5CCCC5C4)cc3)nc21)S(C)(=O)=O. The van der Waals surface area contributed by atoms with Crippen molar-refractivity contribution in [3.05, 3.63) is 72.6 Å². The Labute approximate surface area is 223 Å². The van der Waals surface area contributed by atoms with E-state index in [0.717, 1.165) is 41.9 Å². The van der Waals surface area contributed by atoms with E-state index in [9.17, 15) is 8.42 Å². The molecule has 1 atom stereocenters. The van der Waals surface area contributed by atoms with Crippen molar-refractivity contribution in [2.45, 2.75) is 25.4 Å². The van der Waals surface area contributed by atoms with E-state index >= 15 is 0 Å². The lowest BCUT2D eigenvalue weighted by molar-refractivity contribution is 0.231. The molecule has 0 bridgehead atoms. The monoisotopic (exact) mass is 531 g/mol. The summed E-state index contributed by atoms with van der Waals surface area (Å²) in [5.74, 6) is 0.520. The van der Waals surface area contributed by atoms with Crippen LogP contribution < -0.4 is 14.5 Å². The van der Waals surface area contributed by atoms with Gasteiger partial charge in [0.05, 0.1) is 18.5 Å². The van der Waals surface area contributed by atoms with Gasteiger partial charge in [-0.15, -0.1) is 0 Å². The fraction of sp³-hybridized carbons (Fsp3) is 0.357. The highest BCUT2D eigenvalue weighted by atomic mass is 32.2. The third-order valence-corrected chi connectivity index (χ3v) is 8.94. The summed E-state index contributed by atoms with van der Waals surface area (Å²) in [5.41, 5.74) is 4.51. The number of piperazine rings is 1. The first-order valence-corrected chi connectivity index (χ1v) is 14.9. The van der Waals surface area contributed by atoms with Gasteiger partial charge in [-0.05, 0) is 61.3 Å². The van der Waals surface area contributed by atoms with Gasteiger partial charge in [0.25, 0.3) is 0 Å². The molecule has 2 aromatic heterocycles. The second-order valence-corrected chi connectivity index (χ2v) is 12.2. The topological polar surface area (TPSA) is 86.6 Å². The Morgan fingerprint density at radius 2 is 1.87 bits per heavy atom. The Balaban J connectivity index is 1.19. The van der Waals surface area contributed by atoms with E-state index in [4.69, 9.17) is 4.98 Å². The molecule has 2 fully saturated rings. The normalized spacial score (nSPS) is 18.1. The molecule has 1 unspecified atom stereocenters. The quantitative estimate of drug-likeness (QED) is 0.387. The molecule has 2 aromatic carbocycles. The van der Waals surface area contributed by atoms with E-state index in [1.165, 1.54) is 35.6 Å². The molecule has 1 N–H and O–H groups in total. The molecule has 0 amide bonds. The number of hydrogen-bond acceptors (Lipinski definition) is 7. The number of anilines is 4. The third-order valence-electron chi connectivity index (χ3n) is 7.75. The predicted octanol–water partition coefficient (Wildman–Crippen LogP) is 3.90. The van der Waals surface area contributed by atoms with Gasteiger partial charge in [0, 0.05) is 61.9 Å². The lowest BCUT2D eigenvalue weighted by atomic mass is 10.1. The Hall–Kier alpha value is -3.63. The zero-order chi connectivity index (χ0) is 26.3. The van der Waals surface area contributed by atoms with Crippen molar-refractivity contribution in [2.75, 3.05) is 54.0 Å². The summed E-state index contributed by atoms with van der Waals surface area (Å²) < 4.78 is 27.6. The van der Waals surface area contributed by atoms with Crippen molar-refractivity contribution in [3.63, 3.8) is 0 Å². The highest BCUT2D eigenvalue weighted by molar-refractivity contribution is 7.92. The van der Waals surface area contributed by atoms with Gasteiger partial charge in [-0.25, -0.2) is 13.4 Å². The van der Waals surface area contributed by atoms with Crippen LogP contribution in [0.4, 0.5) is 23.0 Å². The standard InChI is InChI=1S/C28H33N7O2S/c1-32(38(2,36)37)26-8-4-3-6-22(26)19-35-15-13-21-18-29-28(31-27(21)35)30-23-9-11-24(12-10-23)34-17-16-33-14-5-7-25(33)20-34/h3-4,6,8-13,15,18,25H,5,7,14,16-17,19-20H2,1-2H3,(H,29,30,31). The van der Waals surface area contributed by atoms with Crippen molar-refractivity contribution in [1.29, 1.82) is 0 Å². The second-order valence-electron chi connectivity index (χ2n) is 10.2. The molecular formula is C28H33N7O2S. The summed E-state index contributed by atoms with van der Waals surface area (Å²) >= 11 is 0. The van der Waals surface area contributed by atoms with E-state index in [1.54, 1.807) is 7.05 Å². The number of rotatable bonds is 7. The molecule has 4 aromatic rings. The number of fused-ring (bicyclic) bond motifs is 2. The van der Waals surface area contributed by atoms with Gasteiger partial charge in [0.1, 0.15) is 5.65 Å². The second kappa shape index (κ2) is 9.92. The minimum absolute atomic E-state index is 0.485. The summed E-state index contributed by atoms with van der Waals surface area (Å²) in [5, 5.41) is 4.27. The summed E-state index contributed by atoms with van der Waals surface area (Å²) in [6.07, 6.45) is 7.60. The van der Waals surface area contributed by atoms with Crippen LogP contribution in [0.15, 0.2) is 67.0 Å². The van der Waals surface area contributed by atoms with E-state index in [-0.39, 0.29) is 0 Å². The number of sulfonamides is 1. The molecule has 0 radical (unpaired) electrons. The fourth-order valence-corrected chi connectivity index (χ4v) is 6.12. The molecule has 38 heavy (non-hydrogen) atoms. The molecule has 6 rings (SSSR count). The summed E-state index contributed by atoms with van der Waals surface area (Å²) in [4.78, 5) is 14.4. The predicted molar refractivity (Wildman–Crippen MR) is 153 cm³/mol. The van der Waals surface area contributed by atoms with Crippen LogP contribution in [0.2, 0.25) is 0 Å². The largest absolute Gasteiger partial charge is 0.369 e. The number of benzene rings is 2. The molecule has 2 aliphatic rings. The van der Waals surface area contributed by atoms with Crippen LogP contribution in [-0.4, -0.2) is 73.4 Å². The molecule has 4 heterocycles. The maximum atomic E-state index is 12.2. The number of para-hydroxylation sites is 1. The van der Waals surface area contributed by atoms with Gasteiger partial charge < -0.3 is 14.8 Å². The summed E-state index contributed by atoms with van der Waals surface area (Å²) in [7, 11) is -1.80. The average molecular weight is 532 g/mol. The van der Waals surface area contributed by atoms with E-state index in [1.807, 2.05) is 47.3 Å². The zero-order valence-corrected chi connectivity index (χ0v) is 22.6. The van der Waals surface area contributed by atoms with Crippen LogP contribution >= 0.6 is 0 Å². The van der Waals surface area contributed by atoms with Gasteiger partial charge in [0.2, 0.25) is 16.0 Å². The minimum atomic E-state index is -3.37.